The summed E-state index contributed by atoms with van der Waals surface area (Å²) < 4.78 is 11.1. The van der Waals surface area contributed by atoms with E-state index in [-0.39, 0.29) is 11.0 Å². The molecule has 1 aliphatic rings. The van der Waals surface area contributed by atoms with Crippen molar-refractivity contribution in [2.75, 3.05) is 33.9 Å². The van der Waals surface area contributed by atoms with Gasteiger partial charge >= 0.3 is 0 Å². The molecule has 174 valence electrons. The SMILES string of the molecule is CNC(=O)C(C(=O)NN=O)N(C)C(=O)c1ccc(-c2ccc(OCC3(C)COC3)cc2)cc1. The zero-order chi connectivity index (χ0) is 24.0. The summed E-state index contributed by atoms with van der Waals surface area (Å²) in [7, 11) is 2.62. The minimum absolute atomic E-state index is 0.0649. The van der Waals surface area contributed by atoms with E-state index in [0.717, 1.165) is 21.8 Å². The first-order valence-electron chi connectivity index (χ1n) is 10.3. The highest BCUT2D eigenvalue weighted by Crippen LogP contribution is 2.28. The van der Waals surface area contributed by atoms with Crippen LogP contribution in [0.1, 0.15) is 17.3 Å². The summed E-state index contributed by atoms with van der Waals surface area (Å²) in [5, 5.41) is 4.58. The Morgan fingerprint density at radius 3 is 2.12 bits per heavy atom. The van der Waals surface area contributed by atoms with E-state index in [1.807, 2.05) is 24.3 Å². The lowest BCUT2D eigenvalue weighted by Gasteiger charge is -2.37. The van der Waals surface area contributed by atoms with Crippen molar-refractivity contribution in [3.8, 4) is 16.9 Å². The molecule has 2 aromatic carbocycles. The lowest BCUT2D eigenvalue weighted by molar-refractivity contribution is -0.135. The van der Waals surface area contributed by atoms with Crippen molar-refractivity contribution < 1.29 is 23.9 Å². The first kappa shape index (κ1) is 23.9. The summed E-state index contributed by atoms with van der Waals surface area (Å²) in [5.74, 6) is -1.54. The molecule has 1 aliphatic heterocycles. The van der Waals surface area contributed by atoms with Gasteiger partial charge in [-0.3, -0.25) is 14.4 Å². The molecule has 0 bridgehead atoms. The number of likely N-dealkylation sites (N-methyl/N-ethyl adjacent to an activating group) is 2. The largest absolute Gasteiger partial charge is 0.493 e. The van der Waals surface area contributed by atoms with Crippen LogP contribution in [-0.2, 0) is 14.3 Å². The molecule has 2 aromatic rings. The number of ether oxygens (including phenoxy) is 2. The van der Waals surface area contributed by atoms with E-state index in [0.29, 0.717) is 19.8 Å². The smallest absolute Gasteiger partial charge is 0.275 e. The van der Waals surface area contributed by atoms with Crippen molar-refractivity contribution in [3.63, 3.8) is 0 Å². The fraction of sp³-hybridized carbons (Fsp3) is 0.348. The Labute approximate surface area is 191 Å². The van der Waals surface area contributed by atoms with Crippen molar-refractivity contribution in [1.29, 1.82) is 0 Å². The predicted molar refractivity (Wildman–Crippen MR) is 120 cm³/mol. The molecule has 0 radical (unpaired) electrons. The maximum atomic E-state index is 12.8. The van der Waals surface area contributed by atoms with Crippen LogP contribution in [-0.4, -0.2) is 62.6 Å². The normalized spacial score (nSPS) is 14.9. The van der Waals surface area contributed by atoms with Crippen molar-refractivity contribution >= 4 is 17.7 Å². The first-order chi connectivity index (χ1) is 15.8. The van der Waals surface area contributed by atoms with Crippen LogP contribution in [0.25, 0.3) is 11.1 Å². The van der Waals surface area contributed by atoms with Gasteiger partial charge in [-0.2, -0.15) is 0 Å². The maximum Gasteiger partial charge on any atom is 0.275 e. The van der Waals surface area contributed by atoms with E-state index in [1.165, 1.54) is 14.1 Å². The van der Waals surface area contributed by atoms with Gasteiger partial charge < -0.3 is 19.7 Å². The number of hydrogen-bond acceptors (Lipinski definition) is 7. The number of carbonyl (C=O) groups excluding carboxylic acids is 3. The van der Waals surface area contributed by atoms with E-state index in [9.17, 15) is 19.3 Å². The second-order valence-electron chi connectivity index (χ2n) is 8.19. The first-order valence-corrected chi connectivity index (χ1v) is 10.3. The number of nitrogens with zero attached hydrogens (tertiary/aromatic N) is 2. The number of benzene rings is 2. The Kier molecular flexibility index (Phi) is 7.39. The Balaban J connectivity index is 1.68. The molecule has 2 N–H and O–H groups in total. The Morgan fingerprint density at radius 2 is 1.64 bits per heavy atom. The van der Waals surface area contributed by atoms with E-state index in [4.69, 9.17) is 9.47 Å². The van der Waals surface area contributed by atoms with E-state index < -0.39 is 23.8 Å². The zero-order valence-electron chi connectivity index (χ0n) is 18.7. The molecule has 1 heterocycles. The van der Waals surface area contributed by atoms with Gasteiger partial charge in [0, 0.05) is 25.1 Å². The van der Waals surface area contributed by atoms with Crippen LogP contribution in [0.5, 0.6) is 5.75 Å². The van der Waals surface area contributed by atoms with Gasteiger partial charge in [-0.15, -0.1) is 4.91 Å². The quantitative estimate of drug-likeness (QED) is 0.338. The van der Waals surface area contributed by atoms with Crippen molar-refractivity contribution in [1.82, 2.24) is 15.6 Å². The van der Waals surface area contributed by atoms with Crippen LogP contribution in [0.2, 0.25) is 0 Å². The maximum absolute atomic E-state index is 12.8. The zero-order valence-corrected chi connectivity index (χ0v) is 18.7. The van der Waals surface area contributed by atoms with Gasteiger partial charge in [0.15, 0.2) is 6.04 Å². The van der Waals surface area contributed by atoms with Gasteiger partial charge in [0.05, 0.1) is 25.1 Å². The van der Waals surface area contributed by atoms with Gasteiger partial charge in [-0.05, 0) is 35.4 Å². The van der Waals surface area contributed by atoms with Crippen LogP contribution < -0.4 is 15.5 Å². The van der Waals surface area contributed by atoms with Crippen LogP contribution in [0, 0.1) is 10.3 Å². The van der Waals surface area contributed by atoms with Crippen LogP contribution in [0.3, 0.4) is 0 Å². The summed E-state index contributed by atoms with van der Waals surface area (Å²) in [6.07, 6.45) is 0. The molecule has 10 heteroatoms. The Hall–Kier alpha value is -3.79. The molecular formula is C23H26N4O6. The lowest BCUT2D eigenvalue weighted by atomic mass is 9.90. The summed E-state index contributed by atoms with van der Waals surface area (Å²) >= 11 is 0. The average Bonchev–Trinajstić information content (AvgIpc) is 2.81. The highest BCUT2D eigenvalue weighted by molar-refractivity contribution is 6.08. The molecule has 10 nitrogen and oxygen atoms in total. The molecule has 0 aliphatic carbocycles. The number of hydrogen-bond donors (Lipinski definition) is 2. The number of amides is 3. The Bertz CT molecular complexity index is 1020. The molecule has 0 aromatic heterocycles. The lowest BCUT2D eigenvalue weighted by Crippen LogP contribution is -2.54. The molecule has 1 fully saturated rings. The Morgan fingerprint density at radius 1 is 1.06 bits per heavy atom. The minimum Gasteiger partial charge on any atom is -0.493 e. The molecule has 1 unspecified atom stereocenters. The number of nitrogens with one attached hydrogen (secondary N) is 2. The van der Waals surface area contributed by atoms with Crippen molar-refractivity contribution in [3.05, 3.63) is 59.0 Å². The number of nitroso groups, excluding NO2 is 1. The molecule has 0 spiro atoms. The van der Waals surface area contributed by atoms with Crippen LogP contribution >= 0.6 is 0 Å². The molecule has 3 amide bonds. The van der Waals surface area contributed by atoms with E-state index in [2.05, 4.69) is 17.5 Å². The number of carbonyl (C=O) groups is 3. The molecular weight excluding hydrogens is 428 g/mol. The standard InChI is InChI=1S/C23H26N4O6/c1-23(12-32-13-23)14-33-18-10-8-16(9-11-18)15-4-6-17(7-5-15)22(30)27(3)19(20(28)24-2)21(29)25-26-31/h4-11,19H,12-14H2,1-3H3,(H,24,28)(H,25,29,31). The second-order valence-corrected chi connectivity index (χ2v) is 8.19. The predicted octanol–water partition coefficient (Wildman–Crippen LogP) is 1.75. The fourth-order valence-corrected chi connectivity index (χ4v) is 3.37. The summed E-state index contributed by atoms with van der Waals surface area (Å²) in [4.78, 5) is 48.2. The average molecular weight is 454 g/mol. The molecule has 1 saturated heterocycles. The minimum atomic E-state index is -1.54. The van der Waals surface area contributed by atoms with E-state index in [1.54, 1.807) is 29.7 Å². The van der Waals surface area contributed by atoms with Gasteiger partial charge in [-0.25, -0.2) is 5.43 Å². The van der Waals surface area contributed by atoms with Crippen LogP contribution in [0.4, 0.5) is 0 Å². The molecule has 33 heavy (non-hydrogen) atoms. The summed E-state index contributed by atoms with van der Waals surface area (Å²) in [6.45, 7) is 4.12. The van der Waals surface area contributed by atoms with Crippen molar-refractivity contribution in [2.24, 2.45) is 10.7 Å². The highest BCUT2D eigenvalue weighted by Gasteiger charge is 2.35. The van der Waals surface area contributed by atoms with E-state index >= 15 is 0 Å². The fourth-order valence-electron chi connectivity index (χ4n) is 3.37. The highest BCUT2D eigenvalue weighted by atomic mass is 16.5. The van der Waals surface area contributed by atoms with Crippen LogP contribution in [0.15, 0.2) is 53.8 Å². The number of rotatable bonds is 9. The van der Waals surface area contributed by atoms with Crippen molar-refractivity contribution in [2.45, 2.75) is 13.0 Å². The topological polar surface area (TPSA) is 126 Å². The third kappa shape index (κ3) is 5.53. The third-order valence-corrected chi connectivity index (χ3v) is 5.41. The molecule has 0 saturated carbocycles. The second kappa shape index (κ2) is 10.2. The van der Waals surface area contributed by atoms with Gasteiger partial charge in [0.1, 0.15) is 5.75 Å². The van der Waals surface area contributed by atoms with Gasteiger partial charge in [-0.1, -0.05) is 31.2 Å². The monoisotopic (exact) mass is 454 g/mol. The van der Waals surface area contributed by atoms with Gasteiger partial charge in [0.25, 0.3) is 17.7 Å². The molecule has 1 atom stereocenters. The summed E-state index contributed by atoms with van der Waals surface area (Å²) in [5.41, 5.74) is 3.83. The molecule has 3 rings (SSSR count). The third-order valence-electron chi connectivity index (χ3n) is 5.41. The summed E-state index contributed by atoms with van der Waals surface area (Å²) in [6, 6.07) is 12.8. The van der Waals surface area contributed by atoms with Gasteiger partial charge in [0.2, 0.25) is 0 Å².